The van der Waals surface area contributed by atoms with Gasteiger partial charge in [-0.2, -0.15) is 5.26 Å². The summed E-state index contributed by atoms with van der Waals surface area (Å²) in [5, 5.41) is 8.74. The average molecular weight is 311 g/mol. The van der Waals surface area contributed by atoms with Crippen molar-refractivity contribution in [3.05, 3.63) is 65.2 Å². The van der Waals surface area contributed by atoms with Gasteiger partial charge in [0.1, 0.15) is 19.0 Å². The first kappa shape index (κ1) is 16.5. The summed E-state index contributed by atoms with van der Waals surface area (Å²) in [5.74, 6) is 0.168. The Hall–Kier alpha value is -2.84. The second-order valence-corrected chi connectivity index (χ2v) is 4.75. The highest BCUT2D eigenvalue weighted by molar-refractivity contribution is 5.89. The third kappa shape index (κ3) is 5.13. The van der Waals surface area contributed by atoms with E-state index in [1.54, 1.807) is 55.6 Å². The molecule has 0 heterocycles. The molecule has 5 heteroatoms. The van der Waals surface area contributed by atoms with Gasteiger partial charge in [0.25, 0.3) is 0 Å². The summed E-state index contributed by atoms with van der Waals surface area (Å²) < 4.78 is 15.6. The summed E-state index contributed by atoms with van der Waals surface area (Å²) in [4.78, 5) is 12.1. The predicted molar refractivity (Wildman–Crippen MR) is 84.1 cm³/mol. The largest absolute Gasteiger partial charge is 0.491 e. The predicted octanol–water partition coefficient (Wildman–Crippen LogP) is 2.94. The van der Waals surface area contributed by atoms with Gasteiger partial charge >= 0.3 is 5.97 Å². The van der Waals surface area contributed by atoms with Crippen LogP contribution in [-0.4, -0.2) is 26.3 Å². The summed E-state index contributed by atoms with van der Waals surface area (Å²) in [7, 11) is 1.60. The number of hydrogen-bond acceptors (Lipinski definition) is 5. The van der Waals surface area contributed by atoms with Gasteiger partial charge in [0, 0.05) is 7.11 Å². The molecule has 0 unspecified atom stereocenters. The first-order valence-corrected chi connectivity index (χ1v) is 7.11. The van der Waals surface area contributed by atoms with E-state index in [2.05, 4.69) is 0 Å². The standard InChI is InChI=1S/C18H17NO4/c1-21-9-10-22-17-4-2-3-16(11-17)18(20)23-13-15-7-5-14(12-19)6-8-15/h2-8,11H,9-10,13H2,1H3. The highest BCUT2D eigenvalue weighted by Crippen LogP contribution is 2.15. The summed E-state index contributed by atoms with van der Waals surface area (Å²) in [6.45, 7) is 1.05. The molecule has 0 aliphatic rings. The lowest BCUT2D eigenvalue weighted by Crippen LogP contribution is -2.07. The maximum Gasteiger partial charge on any atom is 0.338 e. The lowest BCUT2D eigenvalue weighted by atomic mass is 10.1. The molecule has 0 amide bonds. The molecule has 0 bridgehead atoms. The summed E-state index contributed by atoms with van der Waals surface area (Å²) in [6, 6.07) is 15.8. The van der Waals surface area contributed by atoms with Crippen LogP contribution in [0.3, 0.4) is 0 Å². The topological polar surface area (TPSA) is 68.6 Å². The van der Waals surface area contributed by atoms with Crippen LogP contribution in [0.25, 0.3) is 0 Å². The van der Waals surface area contributed by atoms with Gasteiger partial charge in [-0.1, -0.05) is 18.2 Å². The SMILES string of the molecule is COCCOc1cccc(C(=O)OCc2ccc(C#N)cc2)c1. The summed E-state index contributed by atoms with van der Waals surface area (Å²) >= 11 is 0. The van der Waals surface area contributed by atoms with E-state index in [-0.39, 0.29) is 6.61 Å². The van der Waals surface area contributed by atoms with Crippen molar-refractivity contribution >= 4 is 5.97 Å². The van der Waals surface area contributed by atoms with Crippen LogP contribution < -0.4 is 4.74 Å². The van der Waals surface area contributed by atoms with Gasteiger partial charge in [-0.25, -0.2) is 4.79 Å². The van der Waals surface area contributed by atoms with E-state index in [0.29, 0.717) is 30.1 Å². The van der Waals surface area contributed by atoms with E-state index in [9.17, 15) is 4.79 Å². The molecular weight excluding hydrogens is 294 g/mol. The molecular formula is C18H17NO4. The normalized spacial score (nSPS) is 9.91. The number of carbonyl (C=O) groups is 1. The van der Waals surface area contributed by atoms with E-state index >= 15 is 0 Å². The van der Waals surface area contributed by atoms with Crippen molar-refractivity contribution in [3.63, 3.8) is 0 Å². The van der Waals surface area contributed by atoms with E-state index in [1.165, 1.54) is 0 Å². The van der Waals surface area contributed by atoms with Crippen LogP contribution in [0.15, 0.2) is 48.5 Å². The highest BCUT2D eigenvalue weighted by atomic mass is 16.5. The molecule has 0 aliphatic carbocycles. The molecule has 0 N–H and O–H groups in total. The molecule has 0 spiro atoms. The van der Waals surface area contributed by atoms with Crippen molar-refractivity contribution in [2.24, 2.45) is 0 Å². The Morgan fingerprint density at radius 1 is 1.13 bits per heavy atom. The molecule has 2 aromatic rings. The fraction of sp³-hybridized carbons (Fsp3) is 0.222. The lowest BCUT2D eigenvalue weighted by molar-refractivity contribution is 0.0472. The number of hydrogen-bond donors (Lipinski definition) is 0. The zero-order chi connectivity index (χ0) is 16.5. The maximum absolute atomic E-state index is 12.1. The second-order valence-electron chi connectivity index (χ2n) is 4.75. The third-order valence-electron chi connectivity index (χ3n) is 3.08. The van der Waals surface area contributed by atoms with Crippen LogP contribution >= 0.6 is 0 Å². The van der Waals surface area contributed by atoms with E-state index < -0.39 is 5.97 Å². The summed E-state index contributed by atoms with van der Waals surface area (Å²) in [5.41, 5.74) is 1.82. The number of nitriles is 1. The molecule has 2 rings (SSSR count). The molecule has 0 atom stereocenters. The summed E-state index contributed by atoms with van der Waals surface area (Å²) in [6.07, 6.45) is 0. The van der Waals surface area contributed by atoms with Crippen LogP contribution in [0.2, 0.25) is 0 Å². The molecule has 0 fully saturated rings. The fourth-order valence-electron chi connectivity index (χ4n) is 1.86. The van der Waals surface area contributed by atoms with Gasteiger partial charge in [-0.15, -0.1) is 0 Å². The molecule has 0 saturated carbocycles. The van der Waals surface area contributed by atoms with Crippen molar-refractivity contribution in [1.82, 2.24) is 0 Å². The molecule has 23 heavy (non-hydrogen) atoms. The van der Waals surface area contributed by atoms with Crippen molar-refractivity contribution in [1.29, 1.82) is 5.26 Å². The van der Waals surface area contributed by atoms with Crippen molar-refractivity contribution in [2.75, 3.05) is 20.3 Å². The smallest absolute Gasteiger partial charge is 0.338 e. The first-order chi connectivity index (χ1) is 11.2. The van der Waals surface area contributed by atoms with Crippen molar-refractivity contribution in [2.45, 2.75) is 6.61 Å². The molecule has 118 valence electrons. The Balaban J connectivity index is 1.92. The van der Waals surface area contributed by atoms with E-state index in [0.717, 1.165) is 5.56 Å². The maximum atomic E-state index is 12.1. The first-order valence-electron chi connectivity index (χ1n) is 7.11. The number of methoxy groups -OCH3 is 1. The minimum absolute atomic E-state index is 0.152. The quantitative estimate of drug-likeness (QED) is 0.581. The fourth-order valence-corrected chi connectivity index (χ4v) is 1.86. The Morgan fingerprint density at radius 2 is 1.91 bits per heavy atom. The Morgan fingerprint density at radius 3 is 2.61 bits per heavy atom. The molecule has 0 saturated heterocycles. The number of rotatable bonds is 7. The number of esters is 1. The van der Waals surface area contributed by atoms with Gasteiger partial charge in [-0.3, -0.25) is 0 Å². The van der Waals surface area contributed by atoms with Crippen LogP contribution in [0.5, 0.6) is 5.75 Å². The van der Waals surface area contributed by atoms with Crippen molar-refractivity contribution < 1.29 is 19.0 Å². The zero-order valence-electron chi connectivity index (χ0n) is 12.8. The number of nitrogens with zero attached hydrogens (tertiary/aromatic N) is 1. The Bertz CT molecular complexity index is 689. The number of benzene rings is 2. The van der Waals surface area contributed by atoms with Crippen molar-refractivity contribution in [3.8, 4) is 11.8 Å². The minimum Gasteiger partial charge on any atom is -0.491 e. The minimum atomic E-state index is -0.424. The molecule has 5 nitrogen and oxygen atoms in total. The molecule has 2 aromatic carbocycles. The van der Waals surface area contributed by atoms with Gasteiger partial charge < -0.3 is 14.2 Å². The van der Waals surface area contributed by atoms with E-state index in [4.69, 9.17) is 19.5 Å². The van der Waals surface area contributed by atoms with Gasteiger partial charge in [0.2, 0.25) is 0 Å². The van der Waals surface area contributed by atoms with Gasteiger partial charge in [0.05, 0.1) is 23.8 Å². The third-order valence-corrected chi connectivity index (χ3v) is 3.08. The molecule has 0 aliphatic heterocycles. The number of carbonyl (C=O) groups excluding carboxylic acids is 1. The van der Waals surface area contributed by atoms with Crippen LogP contribution in [0.1, 0.15) is 21.5 Å². The average Bonchev–Trinajstić information content (AvgIpc) is 2.60. The van der Waals surface area contributed by atoms with Crippen LogP contribution in [-0.2, 0) is 16.1 Å². The lowest BCUT2D eigenvalue weighted by Gasteiger charge is -2.08. The molecule has 0 aromatic heterocycles. The van der Waals surface area contributed by atoms with Gasteiger partial charge in [0.15, 0.2) is 0 Å². The second kappa shape index (κ2) is 8.57. The monoisotopic (exact) mass is 311 g/mol. The van der Waals surface area contributed by atoms with E-state index in [1.807, 2.05) is 6.07 Å². The van der Waals surface area contributed by atoms with Crippen LogP contribution in [0.4, 0.5) is 0 Å². The molecule has 0 radical (unpaired) electrons. The Kier molecular flexibility index (Phi) is 6.16. The number of ether oxygens (including phenoxy) is 3. The highest BCUT2D eigenvalue weighted by Gasteiger charge is 2.08. The zero-order valence-corrected chi connectivity index (χ0v) is 12.8. The van der Waals surface area contributed by atoms with Gasteiger partial charge in [-0.05, 0) is 35.9 Å². The Labute approximate surface area is 135 Å². The van der Waals surface area contributed by atoms with Crippen LogP contribution in [0, 0.1) is 11.3 Å².